The molecule has 4 heteroatoms. The van der Waals surface area contributed by atoms with E-state index in [0.717, 1.165) is 5.69 Å². The largest absolute Gasteiger partial charge is 0.478 e. The Bertz CT molecular complexity index is 348. The molecule has 1 heterocycles. The van der Waals surface area contributed by atoms with E-state index in [1.54, 1.807) is 0 Å². The molecular weight excluding hydrogens is 202 g/mol. The fourth-order valence-electron chi connectivity index (χ4n) is 2.08. The number of hydrogen-bond acceptors (Lipinski definition) is 4. The number of rotatable bonds is 4. The first kappa shape index (κ1) is 11.2. The van der Waals surface area contributed by atoms with E-state index in [9.17, 15) is 0 Å². The Morgan fingerprint density at radius 1 is 1.38 bits per heavy atom. The van der Waals surface area contributed by atoms with Crippen molar-refractivity contribution in [3.8, 4) is 5.88 Å². The Labute approximate surface area is 96.4 Å². The Morgan fingerprint density at radius 3 is 2.81 bits per heavy atom. The summed E-state index contributed by atoms with van der Waals surface area (Å²) in [6.45, 7) is 4.56. The molecule has 1 N–H and O–H groups in total. The summed E-state index contributed by atoms with van der Waals surface area (Å²) in [7, 11) is 0. The van der Waals surface area contributed by atoms with E-state index in [0.29, 0.717) is 24.5 Å². The number of aromatic nitrogens is 2. The van der Waals surface area contributed by atoms with E-state index in [1.807, 2.05) is 19.9 Å². The Balaban J connectivity index is 2.06. The lowest BCUT2D eigenvalue weighted by Gasteiger charge is -2.13. The number of hydrogen-bond donors (Lipinski definition) is 1. The topological polar surface area (TPSA) is 47.0 Å². The van der Waals surface area contributed by atoms with Crippen molar-refractivity contribution in [1.29, 1.82) is 0 Å². The van der Waals surface area contributed by atoms with Gasteiger partial charge in [0.15, 0.2) is 0 Å². The van der Waals surface area contributed by atoms with Crippen molar-refractivity contribution >= 4 is 5.95 Å². The smallest absolute Gasteiger partial charge is 0.226 e. The van der Waals surface area contributed by atoms with Crippen LogP contribution in [0.4, 0.5) is 5.95 Å². The third-order valence-electron chi connectivity index (χ3n) is 2.81. The van der Waals surface area contributed by atoms with Gasteiger partial charge in [-0.15, -0.1) is 0 Å². The molecule has 1 aromatic heterocycles. The van der Waals surface area contributed by atoms with E-state index in [4.69, 9.17) is 4.74 Å². The van der Waals surface area contributed by atoms with Gasteiger partial charge in [0.25, 0.3) is 0 Å². The van der Waals surface area contributed by atoms with Crippen molar-refractivity contribution in [2.75, 3.05) is 11.9 Å². The zero-order chi connectivity index (χ0) is 11.4. The van der Waals surface area contributed by atoms with Crippen molar-refractivity contribution in [1.82, 2.24) is 9.97 Å². The highest BCUT2D eigenvalue weighted by atomic mass is 16.5. The molecule has 0 amide bonds. The molecular formula is C12H19N3O. The molecule has 0 bridgehead atoms. The second kappa shape index (κ2) is 5.14. The number of nitrogens with one attached hydrogen (secondary N) is 1. The van der Waals surface area contributed by atoms with Crippen LogP contribution in [0.5, 0.6) is 5.88 Å². The average molecular weight is 221 g/mol. The zero-order valence-corrected chi connectivity index (χ0v) is 9.99. The van der Waals surface area contributed by atoms with E-state index >= 15 is 0 Å². The predicted molar refractivity (Wildman–Crippen MR) is 63.8 cm³/mol. The molecule has 1 aliphatic rings. The summed E-state index contributed by atoms with van der Waals surface area (Å²) < 4.78 is 5.40. The number of anilines is 1. The zero-order valence-electron chi connectivity index (χ0n) is 9.99. The minimum absolute atomic E-state index is 0.538. The molecule has 0 spiro atoms. The lowest BCUT2D eigenvalue weighted by molar-refractivity contribution is 0.326. The molecule has 1 aromatic rings. The first-order valence-corrected chi connectivity index (χ1v) is 6.03. The number of ether oxygens (including phenoxy) is 1. The van der Waals surface area contributed by atoms with E-state index < -0.39 is 0 Å². The molecule has 2 rings (SSSR count). The summed E-state index contributed by atoms with van der Waals surface area (Å²) in [5, 5.41) is 3.38. The Kier molecular flexibility index (Phi) is 3.59. The van der Waals surface area contributed by atoms with Gasteiger partial charge in [-0.1, -0.05) is 12.8 Å². The Morgan fingerprint density at radius 2 is 2.12 bits per heavy atom. The van der Waals surface area contributed by atoms with Gasteiger partial charge >= 0.3 is 0 Å². The van der Waals surface area contributed by atoms with Crippen molar-refractivity contribution in [2.45, 2.75) is 45.6 Å². The molecule has 0 aromatic carbocycles. The summed E-state index contributed by atoms with van der Waals surface area (Å²) >= 11 is 0. The second-order valence-electron chi connectivity index (χ2n) is 4.23. The molecule has 1 aliphatic carbocycles. The summed E-state index contributed by atoms with van der Waals surface area (Å²) in [6, 6.07) is 2.40. The summed E-state index contributed by atoms with van der Waals surface area (Å²) in [5.74, 6) is 1.37. The summed E-state index contributed by atoms with van der Waals surface area (Å²) in [6.07, 6.45) is 5.06. The van der Waals surface area contributed by atoms with Crippen LogP contribution in [0.1, 0.15) is 38.3 Å². The molecule has 4 nitrogen and oxygen atoms in total. The maximum Gasteiger partial charge on any atom is 0.226 e. The van der Waals surface area contributed by atoms with Crippen LogP contribution >= 0.6 is 0 Å². The van der Waals surface area contributed by atoms with Crippen LogP contribution in [0.15, 0.2) is 6.07 Å². The predicted octanol–water partition coefficient (Wildman–Crippen LogP) is 2.54. The van der Waals surface area contributed by atoms with Crippen LogP contribution in [0, 0.1) is 6.92 Å². The molecule has 88 valence electrons. The van der Waals surface area contributed by atoms with Crippen LogP contribution in [0.3, 0.4) is 0 Å². The Hall–Kier alpha value is -1.32. The van der Waals surface area contributed by atoms with E-state index in [-0.39, 0.29) is 0 Å². The van der Waals surface area contributed by atoms with Crippen molar-refractivity contribution in [3.63, 3.8) is 0 Å². The van der Waals surface area contributed by atoms with Gasteiger partial charge in [0, 0.05) is 17.8 Å². The van der Waals surface area contributed by atoms with Gasteiger partial charge in [0.2, 0.25) is 11.8 Å². The van der Waals surface area contributed by atoms with Crippen molar-refractivity contribution in [3.05, 3.63) is 11.8 Å². The lowest BCUT2D eigenvalue weighted by Crippen LogP contribution is -2.17. The maximum absolute atomic E-state index is 5.40. The van der Waals surface area contributed by atoms with E-state index in [1.165, 1.54) is 25.7 Å². The lowest BCUT2D eigenvalue weighted by atomic mass is 10.2. The minimum Gasteiger partial charge on any atom is -0.478 e. The van der Waals surface area contributed by atoms with Gasteiger partial charge < -0.3 is 10.1 Å². The van der Waals surface area contributed by atoms with E-state index in [2.05, 4.69) is 15.3 Å². The fourth-order valence-corrected chi connectivity index (χ4v) is 2.08. The first-order chi connectivity index (χ1) is 7.78. The first-order valence-electron chi connectivity index (χ1n) is 6.03. The highest BCUT2D eigenvalue weighted by molar-refractivity contribution is 5.31. The number of aryl methyl sites for hydroxylation is 1. The van der Waals surface area contributed by atoms with Gasteiger partial charge in [-0.2, -0.15) is 4.98 Å². The summed E-state index contributed by atoms with van der Waals surface area (Å²) in [4.78, 5) is 8.72. The summed E-state index contributed by atoms with van der Waals surface area (Å²) in [5.41, 5.74) is 0.943. The van der Waals surface area contributed by atoms with Crippen molar-refractivity contribution in [2.24, 2.45) is 0 Å². The highest BCUT2D eigenvalue weighted by Gasteiger charge is 2.16. The minimum atomic E-state index is 0.538. The third kappa shape index (κ3) is 2.84. The van der Waals surface area contributed by atoms with Crippen LogP contribution < -0.4 is 10.1 Å². The third-order valence-corrected chi connectivity index (χ3v) is 2.81. The van der Waals surface area contributed by atoms with Gasteiger partial charge in [-0.25, -0.2) is 4.98 Å². The molecule has 1 saturated carbocycles. The van der Waals surface area contributed by atoms with Crippen LogP contribution in [-0.2, 0) is 0 Å². The van der Waals surface area contributed by atoms with Crippen LogP contribution in [-0.4, -0.2) is 22.6 Å². The van der Waals surface area contributed by atoms with Crippen LogP contribution in [0.2, 0.25) is 0 Å². The quantitative estimate of drug-likeness (QED) is 0.848. The van der Waals surface area contributed by atoms with Gasteiger partial charge in [0.1, 0.15) is 0 Å². The molecule has 1 fully saturated rings. The molecule has 0 saturated heterocycles. The molecule has 0 aliphatic heterocycles. The van der Waals surface area contributed by atoms with Crippen molar-refractivity contribution < 1.29 is 4.74 Å². The normalized spacial score (nSPS) is 16.4. The maximum atomic E-state index is 5.40. The molecule has 0 unspecified atom stereocenters. The monoisotopic (exact) mass is 221 g/mol. The molecule has 0 radical (unpaired) electrons. The van der Waals surface area contributed by atoms with Gasteiger partial charge in [0.05, 0.1) is 6.61 Å². The van der Waals surface area contributed by atoms with Gasteiger partial charge in [-0.3, -0.25) is 0 Å². The SMILES string of the molecule is CCOc1cc(C)nc(NC2CCCC2)n1. The highest BCUT2D eigenvalue weighted by Crippen LogP contribution is 2.21. The molecule has 16 heavy (non-hydrogen) atoms. The second-order valence-corrected chi connectivity index (χ2v) is 4.23. The van der Waals surface area contributed by atoms with Crippen LogP contribution in [0.25, 0.3) is 0 Å². The number of nitrogens with zero attached hydrogens (tertiary/aromatic N) is 2. The average Bonchev–Trinajstić information content (AvgIpc) is 2.70. The molecule has 0 atom stereocenters. The fraction of sp³-hybridized carbons (Fsp3) is 0.667. The van der Waals surface area contributed by atoms with Gasteiger partial charge in [-0.05, 0) is 26.7 Å². The standard InChI is InChI=1S/C12H19N3O/c1-3-16-11-8-9(2)13-12(15-11)14-10-6-4-5-7-10/h8,10H,3-7H2,1-2H3,(H,13,14,15).